The standard InChI is InChI=1S/C19H29N3O4/c1-11-8-13(14-6-7-21-10-15(14)20)9-12(2)16(11)25-17(23)22-18(24)26-19(3,4)5/h6-7,10-13,16H,8-9,20H2,1-5H3,(H,22,23,24)/t11-,12+,13?,16?. The number of nitrogens with one attached hydrogen (secondary N) is 1. The Hall–Kier alpha value is -2.31. The molecule has 144 valence electrons. The summed E-state index contributed by atoms with van der Waals surface area (Å²) in [6, 6.07) is 1.95. The monoisotopic (exact) mass is 363 g/mol. The molecular formula is C19H29N3O4. The van der Waals surface area contributed by atoms with E-state index in [9.17, 15) is 9.59 Å². The predicted molar refractivity (Wildman–Crippen MR) is 98.6 cm³/mol. The van der Waals surface area contributed by atoms with Gasteiger partial charge in [0.05, 0.1) is 11.9 Å². The molecule has 0 bridgehead atoms. The van der Waals surface area contributed by atoms with E-state index in [1.54, 1.807) is 33.2 Å². The topological polar surface area (TPSA) is 104 Å². The van der Waals surface area contributed by atoms with Crippen LogP contribution in [-0.4, -0.2) is 28.9 Å². The molecule has 0 spiro atoms. The van der Waals surface area contributed by atoms with Crippen molar-refractivity contribution in [3.05, 3.63) is 24.0 Å². The molecule has 7 heteroatoms. The van der Waals surface area contributed by atoms with E-state index in [-0.39, 0.29) is 17.9 Å². The van der Waals surface area contributed by atoms with Crippen molar-refractivity contribution >= 4 is 17.9 Å². The van der Waals surface area contributed by atoms with Gasteiger partial charge >= 0.3 is 12.2 Å². The normalized spacial score (nSPS) is 26.0. The van der Waals surface area contributed by atoms with Gasteiger partial charge < -0.3 is 15.2 Å². The zero-order valence-corrected chi connectivity index (χ0v) is 16.1. The number of hydrogen-bond acceptors (Lipinski definition) is 6. The Bertz CT molecular complexity index is 644. The number of nitrogen functional groups attached to an aromatic ring is 1. The minimum Gasteiger partial charge on any atom is -0.445 e. The molecule has 2 amide bonds. The quantitative estimate of drug-likeness (QED) is 0.827. The van der Waals surface area contributed by atoms with E-state index >= 15 is 0 Å². The van der Waals surface area contributed by atoms with E-state index in [0.29, 0.717) is 11.6 Å². The maximum Gasteiger partial charge on any atom is 0.417 e. The fourth-order valence-electron chi connectivity index (χ4n) is 3.64. The van der Waals surface area contributed by atoms with Crippen LogP contribution in [0.1, 0.15) is 58.9 Å². The molecule has 1 aliphatic carbocycles. The molecule has 1 aromatic heterocycles. The van der Waals surface area contributed by atoms with Crippen LogP contribution in [0.4, 0.5) is 15.3 Å². The Morgan fingerprint density at radius 2 is 1.81 bits per heavy atom. The number of ether oxygens (including phenoxy) is 2. The van der Waals surface area contributed by atoms with Crippen molar-refractivity contribution in [2.24, 2.45) is 11.8 Å². The second-order valence-corrected chi connectivity index (χ2v) is 8.12. The maximum absolute atomic E-state index is 12.0. The second kappa shape index (κ2) is 7.93. The molecule has 0 saturated heterocycles. The molecule has 4 atom stereocenters. The average molecular weight is 363 g/mol. The molecule has 0 radical (unpaired) electrons. The fraction of sp³-hybridized carbons (Fsp3) is 0.632. The summed E-state index contributed by atoms with van der Waals surface area (Å²) in [4.78, 5) is 27.8. The van der Waals surface area contributed by atoms with E-state index in [4.69, 9.17) is 15.2 Å². The van der Waals surface area contributed by atoms with Crippen molar-refractivity contribution in [2.75, 3.05) is 5.73 Å². The molecule has 2 unspecified atom stereocenters. The van der Waals surface area contributed by atoms with E-state index in [1.165, 1.54) is 0 Å². The summed E-state index contributed by atoms with van der Waals surface area (Å²) in [7, 11) is 0. The maximum atomic E-state index is 12.0. The van der Waals surface area contributed by atoms with Gasteiger partial charge in [-0.1, -0.05) is 13.8 Å². The lowest BCUT2D eigenvalue weighted by Crippen LogP contribution is -2.43. The van der Waals surface area contributed by atoms with Gasteiger partial charge in [-0.05, 0) is 63.0 Å². The first kappa shape index (κ1) is 20.0. The van der Waals surface area contributed by atoms with Gasteiger partial charge in [0, 0.05) is 6.20 Å². The van der Waals surface area contributed by atoms with Crippen LogP contribution < -0.4 is 11.1 Å². The lowest BCUT2D eigenvalue weighted by Gasteiger charge is -2.38. The zero-order valence-electron chi connectivity index (χ0n) is 16.1. The Morgan fingerprint density at radius 3 is 2.35 bits per heavy atom. The minimum atomic E-state index is -0.805. The summed E-state index contributed by atoms with van der Waals surface area (Å²) in [6.07, 6.45) is 3.27. The third-order valence-electron chi connectivity index (χ3n) is 4.61. The van der Waals surface area contributed by atoms with E-state index < -0.39 is 17.8 Å². The third-order valence-corrected chi connectivity index (χ3v) is 4.61. The molecule has 2 rings (SSSR count). The molecule has 26 heavy (non-hydrogen) atoms. The highest BCUT2D eigenvalue weighted by atomic mass is 16.6. The Labute approximate surface area is 154 Å². The Morgan fingerprint density at radius 1 is 1.19 bits per heavy atom. The number of rotatable bonds is 2. The Kier molecular flexibility index (Phi) is 6.10. The molecule has 0 aliphatic heterocycles. The van der Waals surface area contributed by atoms with Crippen LogP contribution in [0.25, 0.3) is 0 Å². The first-order chi connectivity index (χ1) is 12.1. The summed E-state index contributed by atoms with van der Waals surface area (Å²) in [5.74, 6) is 0.582. The van der Waals surface area contributed by atoms with Gasteiger partial charge in [-0.15, -0.1) is 0 Å². The number of hydrogen-bond donors (Lipinski definition) is 2. The number of nitrogens with two attached hydrogens (primary N) is 1. The fourth-order valence-corrected chi connectivity index (χ4v) is 3.64. The molecule has 3 N–H and O–H groups in total. The highest BCUT2D eigenvalue weighted by molar-refractivity contribution is 5.87. The first-order valence-electron chi connectivity index (χ1n) is 8.97. The summed E-state index contributed by atoms with van der Waals surface area (Å²) in [5.41, 5.74) is 7.17. The van der Waals surface area contributed by atoms with Crippen LogP contribution in [0, 0.1) is 11.8 Å². The number of imide groups is 1. The number of alkyl carbamates (subject to hydrolysis) is 2. The molecule has 0 aromatic carbocycles. The number of nitrogens with zero attached hydrogens (tertiary/aromatic N) is 1. The summed E-state index contributed by atoms with van der Waals surface area (Å²) in [6.45, 7) is 9.29. The van der Waals surface area contributed by atoms with Gasteiger partial charge in [0.15, 0.2) is 0 Å². The molecule has 1 saturated carbocycles. The highest BCUT2D eigenvalue weighted by Gasteiger charge is 2.37. The zero-order chi connectivity index (χ0) is 19.5. The molecule has 1 aliphatic rings. The number of amides is 2. The van der Waals surface area contributed by atoms with Gasteiger partial charge in [-0.25, -0.2) is 14.9 Å². The Balaban J connectivity index is 1.95. The molecule has 7 nitrogen and oxygen atoms in total. The summed E-state index contributed by atoms with van der Waals surface area (Å²) >= 11 is 0. The SMILES string of the molecule is C[C@@H]1CC(c2ccncc2N)C[C@H](C)C1OC(=O)NC(=O)OC(C)(C)C. The van der Waals surface area contributed by atoms with Crippen LogP contribution in [0.15, 0.2) is 18.5 Å². The van der Waals surface area contributed by atoms with Crippen LogP contribution in [0.2, 0.25) is 0 Å². The predicted octanol–water partition coefficient (Wildman–Crippen LogP) is 3.84. The van der Waals surface area contributed by atoms with Gasteiger partial charge in [0.25, 0.3) is 0 Å². The summed E-state index contributed by atoms with van der Waals surface area (Å²) in [5, 5.41) is 2.13. The average Bonchev–Trinajstić information content (AvgIpc) is 2.49. The van der Waals surface area contributed by atoms with Crippen molar-refractivity contribution in [3.63, 3.8) is 0 Å². The van der Waals surface area contributed by atoms with E-state index in [1.807, 2.05) is 19.9 Å². The van der Waals surface area contributed by atoms with Crippen molar-refractivity contribution < 1.29 is 19.1 Å². The third kappa shape index (κ3) is 5.34. The van der Waals surface area contributed by atoms with Gasteiger partial charge in [0.2, 0.25) is 0 Å². The highest BCUT2D eigenvalue weighted by Crippen LogP contribution is 2.42. The van der Waals surface area contributed by atoms with Crippen LogP contribution >= 0.6 is 0 Å². The lowest BCUT2D eigenvalue weighted by atomic mass is 9.72. The van der Waals surface area contributed by atoms with Crippen molar-refractivity contribution in [2.45, 2.75) is 65.1 Å². The first-order valence-corrected chi connectivity index (χ1v) is 8.97. The number of aromatic nitrogens is 1. The van der Waals surface area contributed by atoms with Gasteiger partial charge in [-0.2, -0.15) is 0 Å². The largest absolute Gasteiger partial charge is 0.445 e. The van der Waals surface area contributed by atoms with Crippen LogP contribution in [0.3, 0.4) is 0 Å². The summed E-state index contributed by atoms with van der Waals surface area (Å²) < 4.78 is 10.6. The van der Waals surface area contributed by atoms with Crippen molar-refractivity contribution in [3.8, 4) is 0 Å². The molecular weight excluding hydrogens is 334 g/mol. The number of carbonyl (C=O) groups is 2. The van der Waals surface area contributed by atoms with Crippen LogP contribution in [-0.2, 0) is 9.47 Å². The van der Waals surface area contributed by atoms with E-state index in [0.717, 1.165) is 18.4 Å². The molecule has 1 fully saturated rings. The second-order valence-electron chi connectivity index (χ2n) is 8.12. The molecule has 1 heterocycles. The van der Waals surface area contributed by atoms with Crippen molar-refractivity contribution in [1.82, 2.24) is 10.3 Å². The van der Waals surface area contributed by atoms with Crippen molar-refractivity contribution in [1.29, 1.82) is 0 Å². The van der Waals surface area contributed by atoms with Gasteiger partial charge in [-0.3, -0.25) is 4.98 Å². The van der Waals surface area contributed by atoms with Crippen LogP contribution in [0.5, 0.6) is 0 Å². The number of pyridine rings is 1. The van der Waals surface area contributed by atoms with Gasteiger partial charge in [0.1, 0.15) is 11.7 Å². The molecule has 1 aromatic rings. The smallest absolute Gasteiger partial charge is 0.417 e. The van der Waals surface area contributed by atoms with E-state index in [2.05, 4.69) is 10.3 Å². The minimum absolute atomic E-state index is 0.140. The number of carbonyl (C=O) groups excluding carboxylic acids is 2. The number of anilines is 1. The lowest BCUT2D eigenvalue weighted by molar-refractivity contribution is 0.000720.